The van der Waals surface area contributed by atoms with Crippen molar-refractivity contribution in [3.63, 3.8) is 0 Å². The van der Waals surface area contributed by atoms with Crippen molar-refractivity contribution in [2.24, 2.45) is 5.92 Å². The smallest absolute Gasteiger partial charge is 0.00465 e. The second-order valence-electron chi connectivity index (χ2n) is 3.89. The lowest BCUT2D eigenvalue weighted by Crippen LogP contribution is -2.01. The van der Waals surface area contributed by atoms with E-state index in [-0.39, 0.29) is 0 Å². The molecule has 0 spiro atoms. The van der Waals surface area contributed by atoms with E-state index >= 15 is 0 Å². The van der Waals surface area contributed by atoms with Gasteiger partial charge in [0.2, 0.25) is 0 Å². The van der Waals surface area contributed by atoms with Crippen molar-refractivity contribution in [2.75, 3.05) is 0 Å². The number of hydrogen-bond acceptors (Lipinski definition) is 0. The fourth-order valence-corrected chi connectivity index (χ4v) is 1.80. The Bertz CT molecular complexity index is 250. The molecule has 2 unspecified atom stereocenters. The maximum Gasteiger partial charge on any atom is -0.00465 e. The van der Waals surface area contributed by atoms with Gasteiger partial charge in [-0.3, -0.25) is 0 Å². The predicted molar refractivity (Wildman–Crippen MR) is 47.6 cm³/mol. The van der Waals surface area contributed by atoms with Crippen LogP contribution in [0.5, 0.6) is 0 Å². The molecule has 58 valence electrons. The first-order chi connectivity index (χ1) is 5.23. The van der Waals surface area contributed by atoms with E-state index in [0.29, 0.717) is 5.41 Å². The molecule has 2 rings (SSSR count). The topological polar surface area (TPSA) is 0 Å². The van der Waals surface area contributed by atoms with Crippen LogP contribution in [0.3, 0.4) is 0 Å². The molecule has 11 heavy (non-hydrogen) atoms. The van der Waals surface area contributed by atoms with Crippen LogP contribution in [-0.4, -0.2) is 0 Å². The normalized spacial score (nSPS) is 35.3. The molecule has 1 aromatic rings. The fraction of sp³-hybridized carbons (Fsp3) is 0.455. The van der Waals surface area contributed by atoms with Crippen molar-refractivity contribution in [3.05, 3.63) is 35.9 Å². The number of hydrogen-bond donors (Lipinski definition) is 0. The highest BCUT2D eigenvalue weighted by molar-refractivity contribution is 5.31. The summed E-state index contributed by atoms with van der Waals surface area (Å²) in [6.07, 6.45) is 1.36. The Labute approximate surface area is 68.3 Å². The Morgan fingerprint density at radius 2 is 1.82 bits per heavy atom. The first-order valence-corrected chi connectivity index (χ1v) is 4.29. The van der Waals surface area contributed by atoms with E-state index in [0.717, 1.165) is 5.92 Å². The first-order valence-electron chi connectivity index (χ1n) is 4.29. The zero-order valence-corrected chi connectivity index (χ0v) is 7.17. The van der Waals surface area contributed by atoms with Crippen LogP contribution in [0.15, 0.2) is 30.3 Å². The van der Waals surface area contributed by atoms with Crippen LogP contribution < -0.4 is 0 Å². The third kappa shape index (κ3) is 0.973. The molecular weight excluding hydrogens is 132 g/mol. The highest BCUT2D eigenvalue weighted by Crippen LogP contribution is 2.53. The highest BCUT2D eigenvalue weighted by atomic mass is 14.5. The molecule has 1 aliphatic carbocycles. The van der Waals surface area contributed by atoms with Gasteiger partial charge in [0.25, 0.3) is 0 Å². The Balaban J connectivity index is 2.32. The van der Waals surface area contributed by atoms with Gasteiger partial charge in [-0.15, -0.1) is 0 Å². The van der Waals surface area contributed by atoms with Gasteiger partial charge in [0.15, 0.2) is 0 Å². The van der Waals surface area contributed by atoms with Crippen molar-refractivity contribution >= 4 is 0 Å². The van der Waals surface area contributed by atoms with Gasteiger partial charge in [-0.05, 0) is 23.3 Å². The van der Waals surface area contributed by atoms with Crippen LogP contribution in [0.4, 0.5) is 0 Å². The van der Waals surface area contributed by atoms with Gasteiger partial charge >= 0.3 is 0 Å². The standard InChI is InChI=1S/C11H14/c1-9-8-11(9,2)10-6-4-3-5-7-10/h3-7,9H,8H2,1-2H3. The molecule has 0 nitrogen and oxygen atoms in total. The average molecular weight is 146 g/mol. The zero-order valence-electron chi connectivity index (χ0n) is 7.17. The molecule has 0 heterocycles. The van der Waals surface area contributed by atoms with Crippen LogP contribution in [0.2, 0.25) is 0 Å². The average Bonchev–Trinajstić information content (AvgIpc) is 2.64. The van der Waals surface area contributed by atoms with Gasteiger partial charge in [0.05, 0.1) is 0 Å². The highest BCUT2D eigenvalue weighted by Gasteiger charge is 2.47. The molecule has 0 saturated heterocycles. The van der Waals surface area contributed by atoms with Crippen molar-refractivity contribution in [1.82, 2.24) is 0 Å². The predicted octanol–water partition coefficient (Wildman–Crippen LogP) is 2.98. The van der Waals surface area contributed by atoms with Gasteiger partial charge in [-0.25, -0.2) is 0 Å². The lowest BCUT2D eigenvalue weighted by Gasteiger charge is -2.08. The molecule has 0 aliphatic heterocycles. The third-order valence-corrected chi connectivity index (χ3v) is 3.09. The van der Waals surface area contributed by atoms with Crippen LogP contribution in [0.1, 0.15) is 25.8 Å². The summed E-state index contributed by atoms with van der Waals surface area (Å²) < 4.78 is 0. The lowest BCUT2D eigenvalue weighted by molar-refractivity contribution is 0.702. The van der Waals surface area contributed by atoms with Crippen LogP contribution in [-0.2, 0) is 5.41 Å². The van der Waals surface area contributed by atoms with Gasteiger partial charge < -0.3 is 0 Å². The Morgan fingerprint density at radius 1 is 1.27 bits per heavy atom. The van der Waals surface area contributed by atoms with Gasteiger partial charge in [0.1, 0.15) is 0 Å². The van der Waals surface area contributed by atoms with Crippen LogP contribution in [0, 0.1) is 5.92 Å². The maximum absolute atomic E-state index is 2.35. The molecule has 0 aromatic heterocycles. The molecule has 1 aromatic carbocycles. The van der Waals surface area contributed by atoms with E-state index in [9.17, 15) is 0 Å². The Hall–Kier alpha value is -0.780. The van der Waals surface area contributed by atoms with E-state index < -0.39 is 0 Å². The minimum absolute atomic E-state index is 0.501. The van der Waals surface area contributed by atoms with Gasteiger partial charge in [-0.2, -0.15) is 0 Å². The summed E-state index contributed by atoms with van der Waals surface area (Å²) in [7, 11) is 0. The fourth-order valence-electron chi connectivity index (χ4n) is 1.80. The monoisotopic (exact) mass is 146 g/mol. The SMILES string of the molecule is CC1CC1(C)c1ccccc1. The third-order valence-electron chi connectivity index (χ3n) is 3.09. The van der Waals surface area contributed by atoms with Crippen LogP contribution >= 0.6 is 0 Å². The molecule has 0 radical (unpaired) electrons. The van der Waals surface area contributed by atoms with E-state index in [1.807, 2.05) is 0 Å². The Morgan fingerprint density at radius 3 is 2.27 bits per heavy atom. The second kappa shape index (κ2) is 2.10. The Kier molecular flexibility index (Phi) is 1.32. The zero-order chi connectivity index (χ0) is 7.90. The maximum atomic E-state index is 2.35. The van der Waals surface area contributed by atoms with Crippen LogP contribution in [0.25, 0.3) is 0 Å². The summed E-state index contributed by atoms with van der Waals surface area (Å²) in [5.74, 6) is 0.880. The molecule has 2 atom stereocenters. The van der Waals surface area contributed by atoms with Gasteiger partial charge in [-0.1, -0.05) is 44.2 Å². The molecular formula is C11H14. The molecule has 0 bridgehead atoms. The molecule has 1 saturated carbocycles. The van der Waals surface area contributed by atoms with Crippen molar-refractivity contribution in [3.8, 4) is 0 Å². The summed E-state index contributed by atoms with van der Waals surface area (Å²) in [5, 5.41) is 0. The van der Waals surface area contributed by atoms with Crippen molar-refractivity contribution < 1.29 is 0 Å². The van der Waals surface area contributed by atoms with E-state index in [4.69, 9.17) is 0 Å². The summed E-state index contributed by atoms with van der Waals surface area (Å²) >= 11 is 0. The summed E-state index contributed by atoms with van der Waals surface area (Å²) in [4.78, 5) is 0. The quantitative estimate of drug-likeness (QED) is 0.571. The lowest BCUT2D eigenvalue weighted by atomic mass is 9.96. The first kappa shape index (κ1) is 6.90. The second-order valence-corrected chi connectivity index (χ2v) is 3.89. The minimum atomic E-state index is 0.501. The largest absolute Gasteiger partial charge is 0.0622 e. The number of benzene rings is 1. The molecule has 1 fully saturated rings. The molecule has 0 N–H and O–H groups in total. The number of rotatable bonds is 1. The molecule has 0 amide bonds. The molecule has 0 heteroatoms. The minimum Gasteiger partial charge on any atom is -0.0622 e. The summed E-state index contributed by atoms with van der Waals surface area (Å²) in [6.45, 7) is 4.68. The van der Waals surface area contributed by atoms with Gasteiger partial charge in [0, 0.05) is 0 Å². The van der Waals surface area contributed by atoms with E-state index in [1.54, 1.807) is 0 Å². The van der Waals surface area contributed by atoms with Crippen molar-refractivity contribution in [2.45, 2.75) is 25.7 Å². The summed E-state index contributed by atoms with van der Waals surface area (Å²) in [5.41, 5.74) is 2.01. The van der Waals surface area contributed by atoms with Crippen molar-refractivity contribution in [1.29, 1.82) is 0 Å². The summed E-state index contributed by atoms with van der Waals surface area (Å²) in [6, 6.07) is 10.8. The van der Waals surface area contributed by atoms with E-state index in [1.165, 1.54) is 12.0 Å². The molecule has 1 aliphatic rings. The van der Waals surface area contributed by atoms with E-state index in [2.05, 4.69) is 44.2 Å².